The summed E-state index contributed by atoms with van der Waals surface area (Å²) in [6.07, 6.45) is 0.571. The molecule has 1 atom stereocenters. The molecule has 0 saturated carbocycles. The Kier molecular flexibility index (Phi) is 2.37. The molecular weight excluding hydrogens is 234 g/mol. The second-order valence-corrected chi connectivity index (χ2v) is 4.82. The molecule has 0 radical (unpaired) electrons. The first kappa shape index (κ1) is 10.4. The number of carboxylic acid groups (broad SMARTS) is 1. The number of fused-ring (bicyclic) bond motifs is 1. The fourth-order valence-corrected chi connectivity index (χ4v) is 2.93. The molecule has 4 heteroatoms. The summed E-state index contributed by atoms with van der Waals surface area (Å²) in [5.41, 5.74) is 3.08. The van der Waals surface area contributed by atoms with Crippen LogP contribution in [0.1, 0.15) is 5.56 Å². The summed E-state index contributed by atoms with van der Waals surface area (Å²) in [5.74, 6) is -0.771. The zero-order chi connectivity index (χ0) is 11.8. The summed E-state index contributed by atoms with van der Waals surface area (Å²) in [6.45, 7) is 0. The van der Waals surface area contributed by atoms with Gasteiger partial charge in [0.05, 0.1) is 5.69 Å². The zero-order valence-electron chi connectivity index (χ0n) is 9.04. The number of para-hydroxylation sites is 1. The number of hydrogen-bond acceptors (Lipinski definition) is 3. The summed E-state index contributed by atoms with van der Waals surface area (Å²) >= 11 is 1.58. The van der Waals surface area contributed by atoms with Crippen molar-refractivity contribution >= 4 is 28.7 Å². The minimum Gasteiger partial charge on any atom is -0.480 e. The Morgan fingerprint density at radius 2 is 2.18 bits per heavy atom. The van der Waals surface area contributed by atoms with Crippen LogP contribution in [0, 0.1) is 0 Å². The van der Waals surface area contributed by atoms with Crippen molar-refractivity contribution in [3.05, 3.63) is 46.7 Å². The molecule has 0 aliphatic carbocycles. The Morgan fingerprint density at radius 1 is 1.35 bits per heavy atom. The Bertz CT molecular complexity index is 550. The summed E-state index contributed by atoms with van der Waals surface area (Å²) in [5, 5.41) is 13.3. The highest BCUT2D eigenvalue weighted by atomic mass is 32.1. The third kappa shape index (κ3) is 1.61. The first-order chi connectivity index (χ1) is 8.27. The van der Waals surface area contributed by atoms with E-state index in [1.54, 1.807) is 11.3 Å². The van der Waals surface area contributed by atoms with E-state index >= 15 is 0 Å². The number of thiophene rings is 1. The van der Waals surface area contributed by atoms with Crippen molar-refractivity contribution < 1.29 is 9.90 Å². The molecule has 1 N–H and O–H groups in total. The van der Waals surface area contributed by atoms with E-state index in [1.807, 2.05) is 46.0 Å². The van der Waals surface area contributed by atoms with Gasteiger partial charge in [-0.05, 0) is 23.1 Å². The molecule has 2 heterocycles. The summed E-state index contributed by atoms with van der Waals surface area (Å²) in [7, 11) is 0. The average Bonchev–Trinajstić information content (AvgIpc) is 2.94. The van der Waals surface area contributed by atoms with Gasteiger partial charge in [-0.25, -0.2) is 4.79 Å². The fourth-order valence-electron chi connectivity index (χ4n) is 2.30. The number of nitrogens with zero attached hydrogens (tertiary/aromatic N) is 1. The van der Waals surface area contributed by atoms with E-state index in [9.17, 15) is 9.90 Å². The molecule has 1 aromatic heterocycles. The Hall–Kier alpha value is -1.81. The van der Waals surface area contributed by atoms with Crippen LogP contribution >= 0.6 is 11.3 Å². The van der Waals surface area contributed by atoms with Crippen LogP contribution in [0.5, 0.6) is 0 Å². The van der Waals surface area contributed by atoms with E-state index in [0.29, 0.717) is 6.42 Å². The van der Waals surface area contributed by atoms with Crippen molar-refractivity contribution in [3.63, 3.8) is 0 Å². The molecular formula is C13H11NO2S. The van der Waals surface area contributed by atoms with Crippen molar-refractivity contribution in [1.82, 2.24) is 0 Å². The molecule has 3 rings (SSSR count). The quantitative estimate of drug-likeness (QED) is 0.884. The predicted molar refractivity (Wildman–Crippen MR) is 68.0 cm³/mol. The summed E-state index contributed by atoms with van der Waals surface area (Å²) in [4.78, 5) is 13.2. The normalized spacial score (nSPS) is 18.1. The number of benzene rings is 1. The SMILES string of the molecule is O=C(O)C1Cc2ccccc2N1c1ccsc1. The van der Waals surface area contributed by atoms with Gasteiger partial charge in [0, 0.05) is 17.5 Å². The highest BCUT2D eigenvalue weighted by Crippen LogP contribution is 2.38. The van der Waals surface area contributed by atoms with Crippen LogP contribution in [0.4, 0.5) is 11.4 Å². The second kappa shape index (κ2) is 3.89. The minimum atomic E-state index is -0.771. The standard InChI is InChI=1S/C13H11NO2S/c15-13(16)12-7-9-3-1-2-4-11(9)14(12)10-5-6-17-8-10/h1-6,8,12H,7H2,(H,15,16). The van der Waals surface area contributed by atoms with Gasteiger partial charge in [0.15, 0.2) is 0 Å². The topological polar surface area (TPSA) is 40.5 Å². The molecule has 1 unspecified atom stereocenters. The summed E-state index contributed by atoms with van der Waals surface area (Å²) in [6, 6.07) is 9.36. The lowest BCUT2D eigenvalue weighted by molar-refractivity contribution is -0.138. The Morgan fingerprint density at radius 3 is 2.88 bits per heavy atom. The van der Waals surface area contributed by atoms with Crippen molar-refractivity contribution in [2.75, 3.05) is 4.90 Å². The largest absolute Gasteiger partial charge is 0.480 e. The lowest BCUT2D eigenvalue weighted by atomic mass is 10.1. The highest BCUT2D eigenvalue weighted by molar-refractivity contribution is 7.08. The van der Waals surface area contributed by atoms with E-state index < -0.39 is 12.0 Å². The van der Waals surface area contributed by atoms with Crippen molar-refractivity contribution in [1.29, 1.82) is 0 Å². The van der Waals surface area contributed by atoms with Crippen LogP contribution in [-0.4, -0.2) is 17.1 Å². The van der Waals surface area contributed by atoms with E-state index in [4.69, 9.17) is 0 Å². The number of carbonyl (C=O) groups is 1. The number of hydrogen-bond donors (Lipinski definition) is 1. The summed E-state index contributed by atoms with van der Waals surface area (Å²) < 4.78 is 0. The average molecular weight is 245 g/mol. The molecule has 86 valence electrons. The van der Waals surface area contributed by atoms with Gasteiger partial charge in [-0.15, -0.1) is 0 Å². The maximum atomic E-state index is 11.3. The van der Waals surface area contributed by atoms with Gasteiger partial charge in [-0.2, -0.15) is 11.3 Å². The van der Waals surface area contributed by atoms with Gasteiger partial charge in [0.1, 0.15) is 6.04 Å². The molecule has 2 aromatic rings. The molecule has 1 aromatic carbocycles. The number of aliphatic carboxylic acids is 1. The van der Waals surface area contributed by atoms with Crippen LogP contribution in [0.15, 0.2) is 41.1 Å². The van der Waals surface area contributed by atoms with Gasteiger partial charge < -0.3 is 10.0 Å². The van der Waals surface area contributed by atoms with E-state index in [0.717, 1.165) is 16.9 Å². The molecule has 17 heavy (non-hydrogen) atoms. The van der Waals surface area contributed by atoms with E-state index in [2.05, 4.69) is 0 Å². The van der Waals surface area contributed by atoms with Gasteiger partial charge in [-0.1, -0.05) is 18.2 Å². The molecule has 0 bridgehead atoms. The molecule has 3 nitrogen and oxygen atoms in total. The van der Waals surface area contributed by atoms with Crippen molar-refractivity contribution in [2.45, 2.75) is 12.5 Å². The molecule has 0 fully saturated rings. The maximum Gasteiger partial charge on any atom is 0.327 e. The highest BCUT2D eigenvalue weighted by Gasteiger charge is 2.35. The maximum absolute atomic E-state index is 11.3. The fraction of sp³-hybridized carbons (Fsp3) is 0.154. The zero-order valence-corrected chi connectivity index (χ0v) is 9.85. The number of rotatable bonds is 2. The van der Waals surface area contributed by atoms with Crippen LogP contribution in [0.3, 0.4) is 0 Å². The number of anilines is 2. The van der Waals surface area contributed by atoms with Crippen molar-refractivity contribution in [3.8, 4) is 0 Å². The first-order valence-corrected chi connectivity index (χ1v) is 6.34. The predicted octanol–water partition coefficient (Wildman–Crippen LogP) is 2.90. The van der Waals surface area contributed by atoms with Gasteiger partial charge >= 0.3 is 5.97 Å². The van der Waals surface area contributed by atoms with Crippen LogP contribution in [0.25, 0.3) is 0 Å². The van der Waals surface area contributed by atoms with Crippen LogP contribution in [0.2, 0.25) is 0 Å². The minimum absolute atomic E-state index is 0.484. The third-order valence-corrected chi connectivity index (χ3v) is 3.72. The molecule has 0 amide bonds. The third-order valence-electron chi connectivity index (χ3n) is 3.05. The number of carboxylic acids is 1. The second-order valence-electron chi connectivity index (χ2n) is 4.04. The Labute approximate surface area is 103 Å². The monoisotopic (exact) mass is 245 g/mol. The van der Waals surface area contributed by atoms with Gasteiger partial charge in [0.25, 0.3) is 0 Å². The smallest absolute Gasteiger partial charge is 0.327 e. The molecule has 0 spiro atoms. The van der Waals surface area contributed by atoms with Crippen LogP contribution < -0.4 is 4.90 Å². The van der Waals surface area contributed by atoms with E-state index in [1.165, 1.54) is 0 Å². The lowest BCUT2D eigenvalue weighted by Gasteiger charge is -2.23. The van der Waals surface area contributed by atoms with Gasteiger partial charge in [-0.3, -0.25) is 0 Å². The molecule has 0 saturated heterocycles. The van der Waals surface area contributed by atoms with Crippen molar-refractivity contribution in [2.24, 2.45) is 0 Å². The Balaban J connectivity index is 2.11. The lowest BCUT2D eigenvalue weighted by Crippen LogP contribution is -2.34. The van der Waals surface area contributed by atoms with E-state index in [-0.39, 0.29) is 0 Å². The first-order valence-electron chi connectivity index (χ1n) is 5.39. The molecule has 1 aliphatic rings. The van der Waals surface area contributed by atoms with Crippen LogP contribution in [-0.2, 0) is 11.2 Å². The molecule has 1 aliphatic heterocycles. The van der Waals surface area contributed by atoms with Gasteiger partial charge in [0.2, 0.25) is 0 Å².